The van der Waals surface area contributed by atoms with Crippen LogP contribution in [0.4, 0.5) is 5.69 Å². The van der Waals surface area contributed by atoms with E-state index in [1.807, 2.05) is 12.1 Å². The fourth-order valence-electron chi connectivity index (χ4n) is 2.51. The Hall–Kier alpha value is -1.09. The van der Waals surface area contributed by atoms with E-state index in [0.717, 1.165) is 30.4 Å². The molecule has 0 aliphatic carbocycles. The van der Waals surface area contributed by atoms with Crippen molar-refractivity contribution in [3.05, 3.63) is 24.0 Å². The van der Waals surface area contributed by atoms with Crippen LogP contribution in [0.25, 0.3) is 0 Å². The monoisotopic (exact) mass is 233 g/mol. The van der Waals surface area contributed by atoms with Crippen molar-refractivity contribution in [3.8, 4) is 0 Å². The molecule has 1 aromatic rings. The predicted molar refractivity (Wildman–Crippen MR) is 71.9 cm³/mol. The van der Waals surface area contributed by atoms with Gasteiger partial charge in [-0.05, 0) is 38.4 Å². The van der Waals surface area contributed by atoms with E-state index in [0.29, 0.717) is 0 Å². The van der Waals surface area contributed by atoms with Gasteiger partial charge in [0.1, 0.15) is 0 Å². The molecule has 1 saturated heterocycles. The van der Waals surface area contributed by atoms with Crippen molar-refractivity contribution < 1.29 is 0 Å². The second-order valence-corrected chi connectivity index (χ2v) is 5.07. The van der Waals surface area contributed by atoms with E-state index in [1.165, 1.54) is 32.2 Å². The van der Waals surface area contributed by atoms with E-state index in [-0.39, 0.29) is 0 Å². The molecule has 1 unspecified atom stereocenters. The quantitative estimate of drug-likeness (QED) is 0.872. The molecule has 0 saturated carbocycles. The fraction of sp³-hybridized carbons (Fsp3) is 0.643. The van der Waals surface area contributed by atoms with Crippen LogP contribution in [0.1, 0.15) is 38.3 Å². The number of aromatic nitrogens is 1. The summed E-state index contributed by atoms with van der Waals surface area (Å²) >= 11 is 0. The normalized spacial score (nSPS) is 22.3. The molecular weight excluding hydrogens is 210 g/mol. The van der Waals surface area contributed by atoms with Gasteiger partial charge >= 0.3 is 0 Å². The van der Waals surface area contributed by atoms with Crippen LogP contribution in [0.2, 0.25) is 0 Å². The highest BCUT2D eigenvalue weighted by molar-refractivity contribution is 5.34. The second-order valence-electron chi connectivity index (χ2n) is 5.07. The topological polar surface area (TPSA) is 42.1 Å². The summed E-state index contributed by atoms with van der Waals surface area (Å²) in [5, 5.41) is 0. The lowest BCUT2D eigenvalue weighted by atomic mass is 10.1. The molecule has 0 radical (unpaired) electrons. The molecule has 0 aromatic carbocycles. The van der Waals surface area contributed by atoms with Gasteiger partial charge in [-0.25, -0.2) is 0 Å². The maximum Gasteiger partial charge on any atom is 0.0501 e. The summed E-state index contributed by atoms with van der Waals surface area (Å²) in [5.74, 6) is 0. The van der Waals surface area contributed by atoms with Crippen molar-refractivity contribution in [1.82, 2.24) is 9.88 Å². The van der Waals surface area contributed by atoms with Crippen molar-refractivity contribution >= 4 is 5.69 Å². The third kappa shape index (κ3) is 3.70. The first-order valence-electron chi connectivity index (χ1n) is 6.70. The predicted octanol–water partition coefficient (Wildman–Crippen LogP) is 2.47. The molecule has 1 fully saturated rings. The number of nitrogen functional groups attached to an aromatic ring is 1. The van der Waals surface area contributed by atoms with E-state index >= 15 is 0 Å². The molecule has 2 heterocycles. The minimum Gasteiger partial charge on any atom is -0.397 e. The summed E-state index contributed by atoms with van der Waals surface area (Å²) in [6, 6.07) is 4.71. The van der Waals surface area contributed by atoms with Gasteiger partial charge in [-0.15, -0.1) is 0 Å². The molecule has 2 rings (SSSR count). The third-order valence-electron chi connectivity index (χ3n) is 3.69. The zero-order valence-corrected chi connectivity index (χ0v) is 10.7. The molecule has 0 bridgehead atoms. The van der Waals surface area contributed by atoms with Gasteiger partial charge in [0.25, 0.3) is 0 Å². The Bertz CT molecular complexity index is 334. The van der Waals surface area contributed by atoms with E-state index < -0.39 is 0 Å². The molecule has 1 atom stereocenters. The Labute approximate surface area is 104 Å². The first-order valence-corrected chi connectivity index (χ1v) is 6.70. The lowest BCUT2D eigenvalue weighted by molar-refractivity contribution is 0.215. The average molecular weight is 233 g/mol. The maximum atomic E-state index is 5.64. The average Bonchev–Trinajstić information content (AvgIpc) is 2.54. The zero-order valence-electron chi connectivity index (χ0n) is 10.7. The van der Waals surface area contributed by atoms with Crippen molar-refractivity contribution in [2.45, 2.75) is 45.1 Å². The van der Waals surface area contributed by atoms with Crippen molar-refractivity contribution in [1.29, 1.82) is 0 Å². The van der Waals surface area contributed by atoms with Crippen LogP contribution >= 0.6 is 0 Å². The van der Waals surface area contributed by atoms with Crippen LogP contribution in [0.5, 0.6) is 0 Å². The summed E-state index contributed by atoms with van der Waals surface area (Å²) in [6.07, 6.45) is 8.25. The number of nitrogens with two attached hydrogens (primary N) is 1. The number of hydrogen-bond donors (Lipinski definition) is 1. The number of anilines is 1. The van der Waals surface area contributed by atoms with Gasteiger partial charge in [0.05, 0.1) is 11.9 Å². The standard InChI is InChI=1S/C14H23N3/c1-12-5-3-2-4-9-17(12)10-8-14-7-6-13(15)11-16-14/h6-7,11-12H,2-5,8-10,15H2,1H3. The van der Waals surface area contributed by atoms with Gasteiger partial charge in [0.15, 0.2) is 0 Å². The molecule has 0 spiro atoms. The van der Waals surface area contributed by atoms with E-state index in [4.69, 9.17) is 5.73 Å². The number of hydrogen-bond acceptors (Lipinski definition) is 3. The Morgan fingerprint density at radius 2 is 2.24 bits per heavy atom. The van der Waals surface area contributed by atoms with Crippen molar-refractivity contribution in [2.75, 3.05) is 18.8 Å². The molecule has 1 aromatic heterocycles. The zero-order chi connectivity index (χ0) is 12.1. The highest BCUT2D eigenvalue weighted by Crippen LogP contribution is 2.16. The highest BCUT2D eigenvalue weighted by atomic mass is 15.1. The van der Waals surface area contributed by atoms with E-state index in [1.54, 1.807) is 6.20 Å². The first-order chi connectivity index (χ1) is 8.25. The number of pyridine rings is 1. The highest BCUT2D eigenvalue weighted by Gasteiger charge is 2.16. The molecule has 1 aliphatic rings. The molecular formula is C14H23N3. The lowest BCUT2D eigenvalue weighted by Crippen LogP contribution is -2.34. The van der Waals surface area contributed by atoms with Crippen LogP contribution in [0, 0.1) is 0 Å². The summed E-state index contributed by atoms with van der Waals surface area (Å²) in [4.78, 5) is 6.96. The first kappa shape index (κ1) is 12.4. The molecule has 3 nitrogen and oxygen atoms in total. The fourth-order valence-corrected chi connectivity index (χ4v) is 2.51. The number of rotatable bonds is 3. The Kier molecular flexibility index (Phi) is 4.37. The van der Waals surface area contributed by atoms with Gasteiger partial charge < -0.3 is 10.6 Å². The van der Waals surface area contributed by atoms with Gasteiger partial charge in [-0.3, -0.25) is 4.98 Å². The second kappa shape index (κ2) is 6.01. The SMILES string of the molecule is CC1CCCCCN1CCc1ccc(N)cn1. The molecule has 1 aliphatic heterocycles. The maximum absolute atomic E-state index is 5.64. The minimum atomic E-state index is 0.728. The Morgan fingerprint density at radius 3 is 3.00 bits per heavy atom. The van der Waals surface area contributed by atoms with E-state index in [9.17, 15) is 0 Å². The molecule has 94 valence electrons. The van der Waals surface area contributed by atoms with Crippen LogP contribution in [-0.4, -0.2) is 29.0 Å². The van der Waals surface area contributed by atoms with Crippen LogP contribution in [-0.2, 0) is 6.42 Å². The molecule has 2 N–H and O–H groups in total. The largest absolute Gasteiger partial charge is 0.397 e. The lowest BCUT2D eigenvalue weighted by Gasteiger charge is -2.26. The van der Waals surface area contributed by atoms with Crippen LogP contribution in [0.3, 0.4) is 0 Å². The smallest absolute Gasteiger partial charge is 0.0501 e. The van der Waals surface area contributed by atoms with Gasteiger partial charge in [-0.2, -0.15) is 0 Å². The summed E-state index contributed by atoms with van der Waals surface area (Å²) < 4.78 is 0. The third-order valence-corrected chi connectivity index (χ3v) is 3.69. The van der Waals surface area contributed by atoms with Crippen LogP contribution in [0.15, 0.2) is 18.3 Å². The van der Waals surface area contributed by atoms with Gasteiger partial charge in [-0.1, -0.05) is 12.8 Å². The number of nitrogens with zero attached hydrogens (tertiary/aromatic N) is 2. The van der Waals surface area contributed by atoms with E-state index in [2.05, 4.69) is 16.8 Å². The van der Waals surface area contributed by atoms with Crippen LogP contribution < -0.4 is 5.73 Å². The Morgan fingerprint density at radius 1 is 1.35 bits per heavy atom. The van der Waals surface area contributed by atoms with Crippen molar-refractivity contribution in [2.24, 2.45) is 0 Å². The molecule has 3 heteroatoms. The summed E-state index contributed by atoms with van der Waals surface area (Å²) in [7, 11) is 0. The van der Waals surface area contributed by atoms with Crippen molar-refractivity contribution in [3.63, 3.8) is 0 Å². The molecule has 0 amide bonds. The Balaban J connectivity index is 1.85. The van der Waals surface area contributed by atoms with Gasteiger partial charge in [0, 0.05) is 24.7 Å². The number of likely N-dealkylation sites (tertiary alicyclic amines) is 1. The van der Waals surface area contributed by atoms with Gasteiger partial charge in [0.2, 0.25) is 0 Å². The summed E-state index contributed by atoms with van der Waals surface area (Å²) in [6.45, 7) is 4.72. The molecule has 17 heavy (non-hydrogen) atoms. The summed E-state index contributed by atoms with van der Waals surface area (Å²) in [5.41, 5.74) is 7.53. The minimum absolute atomic E-state index is 0.728.